The van der Waals surface area contributed by atoms with E-state index in [1.54, 1.807) is 6.92 Å². The maximum atomic E-state index is 11.8. The van der Waals surface area contributed by atoms with Crippen LogP contribution < -0.4 is 5.56 Å². The van der Waals surface area contributed by atoms with Gasteiger partial charge in [-0.15, -0.1) is 0 Å². The minimum Gasteiger partial charge on any atom is -0.290 e. The maximum absolute atomic E-state index is 11.8. The Balaban J connectivity index is 2.98. The first-order valence-corrected chi connectivity index (χ1v) is 3.48. The van der Waals surface area contributed by atoms with E-state index in [1.165, 1.54) is 0 Å². The third kappa shape index (κ3) is 2.89. The van der Waals surface area contributed by atoms with Gasteiger partial charge in [0.15, 0.2) is 0 Å². The van der Waals surface area contributed by atoms with Crippen LogP contribution in [-0.4, -0.2) is 15.7 Å². The fraction of sp³-hybridized carbons (Fsp3) is 0.429. The molecule has 1 rings (SSSR count). The molecule has 0 fully saturated rings. The van der Waals surface area contributed by atoms with Crippen molar-refractivity contribution in [3.05, 3.63) is 28.4 Å². The summed E-state index contributed by atoms with van der Waals surface area (Å²) in [6.45, 7) is 0.248. The minimum absolute atomic E-state index is 0.406. The quantitative estimate of drug-likeness (QED) is 0.668. The Morgan fingerprint density at radius 3 is 2.62 bits per heavy atom. The van der Waals surface area contributed by atoms with Gasteiger partial charge in [0.2, 0.25) is 0 Å². The van der Waals surface area contributed by atoms with Crippen molar-refractivity contribution in [1.29, 1.82) is 0 Å². The highest BCUT2D eigenvalue weighted by Gasteiger charge is 2.28. The topological polar surface area (TPSA) is 34.9 Å². The summed E-state index contributed by atoms with van der Waals surface area (Å²) >= 11 is 0. The number of hydrogen-bond acceptors (Lipinski definition) is 2. The Kier molecular flexibility index (Phi) is 2.40. The van der Waals surface area contributed by atoms with E-state index in [1.807, 2.05) is 0 Å². The van der Waals surface area contributed by atoms with E-state index >= 15 is 0 Å². The second-order valence-electron chi connectivity index (χ2n) is 2.61. The van der Waals surface area contributed by atoms with Crippen LogP contribution in [0.3, 0.4) is 0 Å². The molecule has 0 amide bonds. The summed E-state index contributed by atoms with van der Waals surface area (Å²) in [6.07, 6.45) is -3.49. The van der Waals surface area contributed by atoms with Gasteiger partial charge in [-0.1, -0.05) is 0 Å². The average Bonchev–Trinajstić information content (AvgIpc) is 1.93. The van der Waals surface area contributed by atoms with Gasteiger partial charge in [-0.25, -0.2) is 4.98 Å². The lowest BCUT2D eigenvalue weighted by atomic mass is 10.4. The Labute approximate surface area is 71.8 Å². The zero-order valence-electron chi connectivity index (χ0n) is 6.80. The zero-order valence-corrected chi connectivity index (χ0v) is 6.80. The maximum Gasteiger partial charge on any atom is 0.406 e. The van der Waals surface area contributed by atoms with Crippen LogP contribution in [0.15, 0.2) is 17.2 Å². The lowest BCUT2D eigenvalue weighted by Gasteiger charge is -2.07. The number of halogens is 3. The molecule has 0 saturated carbocycles. The van der Waals surface area contributed by atoms with E-state index in [2.05, 4.69) is 4.98 Å². The standard InChI is InChI=1S/C7H7F3N2O/c1-5-2-6(13)12(4-11-5)3-7(8,9)10/h2,4H,3H2,1H3. The predicted octanol–water partition coefficient (Wildman–Crippen LogP) is 1.11. The molecule has 72 valence electrons. The molecule has 0 spiro atoms. The summed E-state index contributed by atoms with van der Waals surface area (Å²) in [5.74, 6) is 0. The molecular formula is C7H7F3N2O. The SMILES string of the molecule is Cc1cc(=O)n(CC(F)(F)F)cn1. The number of rotatable bonds is 1. The van der Waals surface area contributed by atoms with Crippen LogP contribution in [0.25, 0.3) is 0 Å². The molecule has 1 aromatic heterocycles. The molecule has 0 atom stereocenters. The Morgan fingerprint density at radius 1 is 1.54 bits per heavy atom. The number of aryl methyl sites for hydroxylation is 1. The van der Waals surface area contributed by atoms with Crippen LogP contribution in [0.1, 0.15) is 5.69 Å². The van der Waals surface area contributed by atoms with Crippen LogP contribution in [0, 0.1) is 6.92 Å². The predicted molar refractivity (Wildman–Crippen MR) is 39.3 cm³/mol. The van der Waals surface area contributed by atoms with Crippen molar-refractivity contribution in [1.82, 2.24) is 9.55 Å². The molecule has 6 heteroatoms. The van der Waals surface area contributed by atoms with Gasteiger partial charge in [0.05, 0.1) is 6.33 Å². The molecule has 3 nitrogen and oxygen atoms in total. The van der Waals surface area contributed by atoms with E-state index in [4.69, 9.17) is 0 Å². The fourth-order valence-electron chi connectivity index (χ4n) is 0.828. The third-order valence-electron chi connectivity index (χ3n) is 1.37. The molecule has 0 saturated heterocycles. The molecule has 13 heavy (non-hydrogen) atoms. The Morgan fingerprint density at radius 2 is 2.15 bits per heavy atom. The second-order valence-corrected chi connectivity index (χ2v) is 2.61. The lowest BCUT2D eigenvalue weighted by molar-refractivity contribution is -0.141. The molecule has 0 aliphatic rings. The zero-order chi connectivity index (χ0) is 10.1. The van der Waals surface area contributed by atoms with Gasteiger partial charge in [-0.05, 0) is 6.92 Å². The second kappa shape index (κ2) is 3.20. The first kappa shape index (κ1) is 9.76. The summed E-state index contributed by atoms with van der Waals surface area (Å²) < 4.78 is 36.0. The van der Waals surface area contributed by atoms with Crippen molar-refractivity contribution < 1.29 is 13.2 Å². The van der Waals surface area contributed by atoms with Crippen LogP contribution in [0.2, 0.25) is 0 Å². The highest BCUT2D eigenvalue weighted by atomic mass is 19.4. The van der Waals surface area contributed by atoms with E-state index in [0.717, 1.165) is 12.4 Å². The largest absolute Gasteiger partial charge is 0.406 e. The normalized spacial score (nSPS) is 11.7. The van der Waals surface area contributed by atoms with Crippen LogP contribution in [0.5, 0.6) is 0 Å². The molecule has 1 heterocycles. The van der Waals surface area contributed by atoms with Gasteiger partial charge in [0.1, 0.15) is 6.54 Å². The Bertz CT molecular complexity index is 355. The van der Waals surface area contributed by atoms with Gasteiger partial charge in [0, 0.05) is 11.8 Å². The summed E-state index contributed by atoms with van der Waals surface area (Å²) in [4.78, 5) is 14.5. The molecule has 0 radical (unpaired) electrons. The van der Waals surface area contributed by atoms with Crippen LogP contribution >= 0.6 is 0 Å². The van der Waals surface area contributed by atoms with Crippen LogP contribution in [0.4, 0.5) is 13.2 Å². The van der Waals surface area contributed by atoms with Gasteiger partial charge in [0.25, 0.3) is 5.56 Å². The van der Waals surface area contributed by atoms with E-state index < -0.39 is 18.3 Å². The number of aromatic nitrogens is 2. The fourth-order valence-corrected chi connectivity index (χ4v) is 0.828. The van der Waals surface area contributed by atoms with Gasteiger partial charge >= 0.3 is 6.18 Å². The highest BCUT2D eigenvalue weighted by molar-refractivity contribution is 4.96. The van der Waals surface area contributed by atoms with Crippen LogP contribution in [-0.2, 0) is 6.54 Å². The molecular weight excluding hydrogens is 185 g/mol. The highest BCUT2D eigenvalue weighted by Crippen LogP contribution is 2.15. The molecule has 1 aromatic rings. The molecule has 0 aliphatic carbocycles. The van der Waals surface area contributed by atoms with E-state index in [0.29, 0.717) is 10.3 Å². The van der Waals surface area contributed by atoms with Crippen molar-refractivity contribution in [3.8, 4) is 0 Å². The summed E-state index contributed by atoms with van der Waals surface area (Å²) in [7, 11) is 0. The molecule has 0 bridgehead atoms. The first-order chi connectivity index (χ1) is 5.88. The lowest BCUT2D eigenvalue weighted by Crippen LogP contribution is -2.27. The summed E-state index contributed by atoms with van der Waals surface area (Å²) in [5, 5.41) is 0. The van der Waals surface area contributed by atoms with Gasteiger partial charge < -0.3 is 0 Å². The molecule has 0 N–H and O–H groups in total. The summed E-state index contributed by atoms with van der Waals surface area (Å²) in [6, 6.07) is 1.06. The van der Waals surface area contributed by atoms with Crippen molar-refractivity contribution in [2.24, 2.45) is 0 Å². The first-order valence-electron chi connectivity index (χ1n) is 3.48. The van der Waals surface area contributed by atoms with Gasteiger partial charge in [-0.3, -0.25) is 9.36 Å². The molecule has 0 aliphatic heterocycles. The van der Waals surface area contributed by atoms with Gasteiger partial charge in [-0.2, -0.15) is 13.2 Å². The smallest absolute Gasteiger partial charge is 0.290 e. The number of alkyl halides is 3. The minimum atomic E-state index is -4.39. The average molecular weight is 192 g/mol. The molecule has 0 aromatic carbocycles. The van der Waals surface area contributed by atoms with E-state index in [-0.39, 0.29) is 0 Å². The van der Waals surface area contributed by atoms with Crippen molar-refractivity contribution in [2.75, 3.05) is 0 Å². The van der Waals surface area contributed by atoms with Crippen molar-refractivity contribution in [2.45, 2.75) is 19.6 Å². The van der Waals surface area contributed by atoms with Crippen molar-refractivity contribution in [3.63, 3.8) is 0 Å². The van der Waals surface area contributed by atoms with Crippen molar-refractivity contribution >= 4 is 0 Å². The molecule has 0 unspecified atom stereocenters. The monoisotopic (exact) mass is 192 g/mol. The van der Waals surface area contributed by atoms with E-state index in [9.17, 15) is 18.0 Å². The number of hydrogen-bond donors (Lipinski definition) is 0. The summed E-state index contributed by atoms with van der Waals surface area (Å²) in [5.41, 5.74) is -0.284. The Hall–Kier alpha value is -1.33. The number of nitrogens with zero attached hydrogens (tertiary/aromatic N) is 2. The third-order valence-corrected chi connectivity index (χ3v) is 1.37.